The molecule has 1 N–H and O–H groups in total. The van der Waals surface area contributed by atoms with Gasteiger partial charge in [0.2, 0.25) is 0 Å². The zero-order valence-electron chi connectivity index (χ0n) is 12.5. The molecule has 21 heavy (non-hydrogen) atoms. The van der Waals surface area contributed by atoms with Gasteiger partial charge in [0.05, 0.1) is 15.9 Å². The maximum Gasteiger partial charge on any atom is 0.413 e. The maximum absolute atomic E-state index is 12.0. The second-order valence-electron chi connectivity index (χ2n) is 5.62. The summed E-state index contributed by atoms with van der Waals surface area (Å²) in [5, 5.41) is 7.18. The van der Waals surface area contributed by atoms with E-state index in [1.807, 2.05) is 58.0 Å². The number of rotatable bonds is 2. The van der Waals surface area contributed by atoms with Gasteiger partial charge in [-0.05, 0) is 55.8 Å². The van der Waals surface area contributed by atoms with E-state index in [1.54, 1.807) is 4.68 Å². The molecule has 0 saturated heterocycles. The Kier molecular flexibility index (Phi) is 4.37. The summed E-state index contributed by atoms with van der Waals surface area (Å²) in [6.45, 7) is 7.33. The number of halogens is 1. The first-order valence-electron chi connectivity index (χ1n) is 6.58. The summed E-state index contributed by atoms with van der Waals surface area (Å²) in [5.74, 6) is 0.549. The van der Waals surface area contributed by atoms with Crippen molar-refractivity contribution in [2.45, 2.75) is 33.3 Å². The van der Waals surface area contributed by atoms with E-state index < -0.39 is 11.7 Å². The molecule has 0 saturated carbocycles. The van der Waals surface area contributed by atoms with Crippen LogP contribution in [-0.4, -0.2) is 21.5 Å². The van der Waals surface area contributed by atoms with E-state index in [1.165, 1.54) is 0 Å². The Balaban J connectivity index is 2.33. The van der Waals surface area contributed by atoms with Crippen molar-refractivity contribution in [1.82, 2.24) is 9.78 Å². The van der Waals surface area contributed by atoms with Crippen molar-refractivity contribution in [3.63, 3.8) is 0 Å². The highest BCUT2D eigenvalue weighted by Crippen LogP contribution is 2.29. The number of benzene rings is 1. The van der Waals surface area contributed by atoms with Crippen LogP contribution in [0.1, 0.15) is 26.5 Å². The topological polar surface area (TPSA) is 56.2 Å². The van der Waals surface area contributed by atoms with Gasteiger partial charge < -0.3 is 4.74 Å². The van der Waals surface area contributed by atoms with Crippen molar-refractivity contribution in [1.29, 1.82) is 0 Å². The van der Waals surface area contributed by atoms with Crippen LogP contribution >= 0.6 is 15.9 Å². The number of carbonyl (C=O) groups excluding carboxylic acids is 1. The third kappa shape index (κ3) is 3.85. The van der Waals surface area contributed by atoms with Gasteiger partial charge in [0.25, 0.3) is 0 Å². The Morgan fingerprint density at radius 1 is 1.29 bits per heavy atom. The second kappa shape index (κ2) is 5.89. The number of anilines is 1. The molecule has 1 amide bonds. The molecule has 0 aliphatic rings. The lowest BCUT2D eigenvalue weighted by Gasteiger charge is -2.20. The van der Waals surface area contributed by atoms with Crippen molar-refractivity contribution in [3.8, 4) is 5.69 Å². The molecule has 2 rings (SSSR count). The standard InChI is InChI=1S/C15H18BrN3O2/c1-10-12(16)13(17-14(20)21-15(2,3)4)19(18-10)11-8-6-5-7-9-11/h5-9H,1-4H3,(H,17,20). The highest BCUT2D eigenvalue weighted by molar-refractivity contribution is 9.10. The number of aromatic nitrogens is 2. The highest BCUT2D eigenvalue weighted by atomic mass is 79.9. The minimum Gasteiger partial charge on any atom is -0.444 e. The molecule has 0 aliphatic heterocycles. The lowest BCUT2D eigenvalue weighted by Crippen LogP contribution is -2.28. The van der Waals surface area contributed by atoms with E-state index in [4.69, 9.17) is 4.74 Å². The molecule has 0 bridgehead atoms. The molecular weight excluding hydrogens is 334 g/mol. The molecule has 112 valence electrons. The molecule has 6 heteroatoms. The van der Waals surface area contributed by atoms with Gasteiger partial charge in [-0.25, -0.2) is 9.48 Å². The van der Waals surface area contributed by atoms with Crippen LogP contribution in [-0.2, 0) is 4.74 Å². The quantitative estimate of drug-likeness (QED) is 0.877. The van der Waals surface area contributed by atoms with Gasteiger partial charge in [-0.15, -0.1) is 0 Å². The molecule has 0 fully saturated rings. The minimum atomic E-state index is -0.552. The molecule has 0 atom stereocenters. The van der Waals surface area contributed by atoms with Crippen LogP contribution in [0.25, 0.3) is 5.69 Å². The van der Waals surface area contributed by atoms with Crippen LogP contribution < -0.4 is 5.32 Å². The molecule has 1 heterocycles. The van der Waals surface area contributed by atoms with Gasteiger partial charge in [0.15, 0.2) is 5.82 Å². The van der Waals surface area contributed by atoms with E-state index in [0.29, 0.717) is 5.82 Å². The van der Waals surface area contributed by atoms with Crippen molar-refractivity contribution in [3.05, 3.63) is 40.5 Å². The fourth-order valence-corrected chi connectivity index (χ4v) is 2.12. The maximum atomic E-state index is 12.0. The molecular formula is C15H18BrN3O2. The van der Waals surface area contributed by atoms with Gasteiger partial charge in [0, 0.05) is 0 Å². The molecule has 1 aromatic heterocycles. The molecule has 1 aromatic carbocycles. The third-order valence-electron chi connectivity index (χ3n) is 2.61. The summed E-state index contributed by atoms with van der Waals surface area (Å²) >= 11 is 3.45. The molecule has 0 unspecified atom stereocenters. The first-order chi connectivity index (χ1) is 9.78. The van der Waals surface area contributed by atoms with Crippen molar-refractivity contribution >= 4 is 27.8 Å². The second-order valence-corrected chi connectivity index (χ2v) is 6.42. The lowest BCUT2D eigenvalue weighted by atomic mass is 10.2. The number of carbonyl (C=O) groups is 1. The van der Waals surface area contributed by atoms with E-state index in [2.05, 4.69) is 26.3 Å². The molecule has 5 nitrogen and oxygen atoms in total. The predicted octanol–water partition coefficient (Wildman–Crippen LogP) is 4.29. The zero-order chi connectivity index (χ0) is 15.6. The summed E-state index contributed by atoms with van der Waals surface area (Å²) in [4.78, 5) is 12.0. The Labute approximate surface area is 132 Å². The molecule has 0 aliphatic carbocycles. The highest BCUT2D eigenvalue weighted by Gasteiger charge is 2.21. The van der Waals surface area contributed by atoms with Crippen LogP contribution in [0.3, 0.4) is 0 Å². The Morgan fingerprint density at radius 2 is 1.90 bits per heavy atom. The van der Waals surface area contributed by atoms with E-state index >= 15 is 0 Å². The van der Waals surface area contributed by atoms with E-state index in [-0.39, 0.29) is 0 Å². The molecule has 0 radical (unpaired) electrons. The summed E-state index contributed by atoms with van der Waals surface area (Å²) in [6, 6.07) is 9.59. The van der Waals surface area contributed by atoms with Gasteiger partial charge >= 0.3 is 6.09 Å². The first kappa shape index (κ1) is 15.6. The fourth-order valence-electron chi connectivity index (χ4n) is 1.77. The Bertz CT molecular complexity index is 645. The number of para-hydroxylation sites is 1. The first-order valence-corrected chi connectivity index (χ1v) is 7.38. The van der Waals surface area contributed by atoms with Crippen LogP contribution in [0.5, 0.6) is 0 Å². The van der Waals surface area contributed by atoms with Crippen molar-refractivity contribution < 1.29 is 9.53 Å². The number of nitrogens with one attached hydrogen (secondary N) is 1. The third-order valence-corrected chi connectivity index (χ3v) is 3.56. The average Bonchev–Trinajstić information content (AvgIpc) is 2.66. The number of aryl methyl sites for hydroxylation is 1. The van der Waals surface area contributed by atoms with E-state index in [9.17, 15) is 4.79 Å². The largest absolute Gasteiger partial charge is 0.444 e. The monoisotopic (exact) mass is 351 g/mol. The summed E-state index contributed by atoms with van der Waals surface area (Å²) in [5.41, 5.74) is 1.09. The number of ether oxygens (including phenoxy) is 1. The summed E-state index contributed by atoms with van der Waals surface area (Å²) in [7, 11) is 0. The fraction of sp³-hybridized carbons (Fsp3) is 0.333. The van der Waals surface area contributed by atoms with Crippen molar-refractivity contribution in [2.75, 3.05) is 5.32 Å². The normalized spacial score (nSPS) is 11.3. The van der Waals surface area contributed by atoms with Gasteiger partial charge in [-0.3, -0.25) is 5.32 Å². The van der Waals surface area contributed by atoms with E-state index in [0.717, 1.165) is 15.9 Å². The number of amides is 1. The zero-order valence-corrected chi connectivity index (χ0v) is 14.1. The summed E-state index contributed by atoms with van der Waals surface area (Å²) in [6.07, 6.45) is -0.514. The Morgan fingerprint density at radius 3 is 2.48 bits per heavy atom. The lowest BCUT2D eigenvalue weighted by molar-refractivity contribution is 0.0635. The van der Waals surface area contributed by atoms with Crippen LogP contribution in [0.4, 0.5) is 10.6 Å². The van der Waals surface area contributed by atoms with Gasteiger partial charge in [-0.1, -0.05) is 18.2 Å². The van der Waals surface area contributed by atoms with Crippen LogP contribution in [0.2, 0.25) is 0 Å². The van der Waals surface area contributed by atoms with Crippen LogP contribution in [0, 0.1) is 6.92 Å². The van der Waals surface area contributed by atoms with Gasteiger partial charge in [-0.2, -0.15) is 5.10 Å². The summed E-state index contributed by atoms with van der Waals surface area (Å²) < 4.78 is 7.69. The number of hydrogen-bond acceptors (Lipinski definition) is 3. The molecule has 0 spiro atoms. The number of hydrogen-bond donors (Lipinski definition) is 1. The Hall–Kier alpha value is -1.82. The van der Waals surface area contributed by atoms with Crippen LogP contribution in [0.15, 0.2) is 34.8 Å². The van der Waals surface area contributed by atoms with Crippen molar-refractivity contribution in [2.24, 2.45) is 0 Å². The predicted molar refractivity (Wildman–Crippen MR) is 85.9 cm³/mol. The minimum absolute atomic E-state index is 0.514. The average molecular weight is 352 g/mol. The smallest absolute Gasteiger partial charge is 0.413 e. The SMILES string of the molecule is Cc1nn(-c2ccccc2)c(NC(=O)OC(C)(C)C)c1Br. The number of nitrogens with zero attached hydrogens (tertiary/aromatic N) is 2. The van der Waals surface area contributed by atoms with Gasteiger partial charge in [0.1, 0.15) is 5.60 Å². The molecule has 2 aromatic rings.